The lowest BCUT2D eigenvalue weighted by atomic mass is 10.0. The Kier molecular flexibility index (Phi) is 4.19. The van der Waals surface area contributed by atoms with Crippen molar-refractivity contribution in [2.75, 3.05) is 13.1 Å². The molecule has 0 aromatic carbocycles. The number of ether oxygens (including phenoxy) is 1. The van der Waals surface area contributed by atoms with E-state index in [0.717, 1.165) is 31.7 Å². The minimum absolute atomic E-state index is 0.117. The number of likely N-dealkylation sites (tertiary alicyclic amines) is 1. The fourth-order valence-electron chi connectivity index (χ4n) is 3.25. The zero-order valence-corrected chi connectivity index (χ0v) is 11.8. The number of amides is 1. The Labute approximate surface area is 120 Å². The van der Waals surface area contributed by atoms with E-state index < -0.39 is 0 Å². The molecular weight excluding hydrogens is 252 g/mol. The molecule has 0 spiro atoms. The van der Waals surface area contributed by atoms with Crippen molar-refractivity contribution in [1.29, 1.82) is 0 Å². The highest BCUT2D eigenvalue weighted by molar-refractivity contribution is 5.76. The number of pyridine rings is 1. The number of hydrogen-bond acceptors (Lipinski definition) is 3. The van der Waals surface area contributed by atoms with Crippen LogP contribution in [0.25, 0.3) is 0 Å². The van der Waals surface area contributed by atoms with Crippen LogP contribution in [0.1, 0.15) is 38.5 Å². The number of carbonyl (C=O) groups is 1. The van der Waals surface area contributed by atoms with Gasteiger partial charge in [0, 0.05) is 25.6 Å². The molecule has 1 atom stereocenters. The van der Waals surface area contributed by atoms with Crippen molar-refractivity contribution in [3.8, 4) is 5.75 Å². The zero-order valence-electron chi connectivity index (χ0n) is 11.8. The normalized spacial score (nSPS) is 23.2. The molecule has 1 unspecified atom stereocenters. The van der Waals surface area contributed by atoms with Crippen LogP contribution in [0.2, 0.25) is 0 Å². The molecule has 4 heteroatoms. The van der Waals surface area contributed by atoms with E-state index in [1.54, 1.807) is 12.4 Å². The summed E-state index contributed by atoms with van der Waals surface area (Å²) in [5.41, 5.74) is 0. The first-order chi connectivity index (χ1) is 9.81. The average Bonchev–Trinajstić information content (AvgIpc) is 3.11. The van der Waals surface area contributed by atoms with Crippen molar-refractivity contribution in [1.82, 2.24) is 9.88 Å². The summed E-state index contributed by atoms with van der Waals surface area (Å²) in [6, 6.07) is 3.78. The van der Waals surface area contributed by atoms with Gasteiger partial charge < -0.3 is 9.64 Å². The summed E-state index contributed by atoms with van der Waals surface area (Å²) in [4.78, 5) is 18.3. The van der Waals surface area contributed by atoms with Gasteiger partial charge in [-0.1, -0.05) is 12.8 Å². The monoisotopic (exact) mass is 274 g/mol. The molecule has 3 rings (SSSR count). The summed E-state index contributed by atoms with van der Waals surface area (Å²) >= 11 is 0. The van der Waals surface area contributed by atoms with E-state index in [4.69, 9.17) is 4.74 Å². The number of hydrogen-bond donors (Lipinski definition) is 0. The Hall–Kier alpha value is -1.58. The minimum atomic E-state index is 0.117. The van der Waals surface area contributed by atoms with Crippen LogP contribution in [0.4, 0.5) is 0 Å². The standard InChI is InChI=1S/C16H22N2O2/c19-16(10-13-4-1-2-5-13)18-9-7-15(12-18)20-14-6-3-8-17-11-14/h3,6,8,11,13,15H,1-2,4-5,7,9-10,12H2. The fraction of sp³-hybridized carbons (Fsp3) is 0.625. The van der Waals surface area contributed by atoms with E-state index in [1.807, 2.05) is 17.0 Å². The third-order valence-electron chi connectivity index (χ3n) is 4.37. The van der Waals surface area contributed by atoms with Crippen LogP contribution < -0.4 is 4.74 Å². The van der Waals surface area contributed by atoms with Gasteiger partial charge in [-0.2, -0.15) is 0 Å². The van der Waals surface area contributed by atoms with Crippen LogP contribution in [0.5, 0.6) is 5.75 Å². The Bertz CT molecular complexity index is 443. The van der Waals surface area contributed by atoms with E-state index in [0.29, 0.717) is 11.8 Å². The lowest BCUT2D eigenvalue weighted by Gasteiger charge is -2.19. The molecule has 1 saturated heterocycles. The lowest BCUT2D eigenvalue weighted by Crippen LogP contribution is -2.31. The predicted octanol–water partition coefficient (Wildman–Crippen LogP) is 2.64. The third-order valence-corrected chi connectivity index (χ3v) is 4.37. The van der Waals surface area contributed by atoms with Gasteiger partial charge in [0.05, 0.1) is 12.7 Å². The maximum Gasteiger partial charge on any atom is 0.222 e. The summed E-state index contributed by atoms with van der Waals surface area (Å²) in [6.45, 7) is 1.55. The van der Waals surface area contributed by atoms with Crippen molar-refractivity contribution in [2.45, 2.75) is 44.6 Å². The molecule has 1 aliphatic heterocycles. The largest absolute Gasteiger partial charge is 0.487 e. The first-order valence-electron chi connectivity index (χ1n) is 7.66. The fourth-order valence-corrected chi connectivity index (χ4v) is 3.25. The van der Waals surface area contributed by atoms with Gasteiger partial charge in [-0.25, -0.2) is 0 Å². The molecule has 1 aromatic rings. The Morgan fingerprint density at radius 3 is 2.95 bits per heavy atom. The molecule has 0 bridgehead atoms. The molecule has 1 saturated carbocycles. The van der Waals surface area contributed by atoms with E-state index in [1.165, 1.54) is 25.7 Å². The van der Waals surface area contributed by atoms with Crippen LogP contribution in [-0.2, 0) is 4.79 Å². The van der Waals surface area contributed by atoms with Crippen LogP contribution in [0.3, 0.4) is 0 Å². The summed E-state index contributed by atoms with van der Waals surface area (Å²) in [5.74, 6) is 1.73. The van der Waals surface area contributed by atoms with Crippen molar-refractivity contribution in [2.24, 2.45) is 5.92 Å². The highest BCUT2D eigenvalue weighted by Crippen LogP contribution is 2.28. The minimum Gasteiger partial charge on any atom is -0.487 e. The van der Waals surface area contributed by atoms with E-state index in [9.17, 15) is 4.79 Å². The third kappa shape index (κ3) is 3.30. The SMILES string of the molecule is O=C(CC1CCCC1)N1CCC(Oc2cccnc2)C1. The average molecular weight is 274 g/mol. The smallest absolute Gasteiger partial charge is 0.222 e. The van der Waals surface area contributed by atoms with Crippen LogP contribution in [0, 0.1) is 5.92 Å². The van der Waals surface area contributed by atoms with Crippen LogP contribution in [0.15, 0.2) is 24.5 Å². The number of aromatic nitrogens is 1. The van der Waals surface area contributed by atoms with Gasteiger partial charge in [0.1, 0.15) is 11.9 Å². The molecule has 0 N–H and O–H groups in total. The van der Waals surface area contributed by atoms with Gasteiger partial charge in [-0.3, -0.25) is 9.78 Å². The maximum absolute atomic E-state index is 12.3. The summed E-state index contributed by atoms with van der Waals surface area (Å²) < 4.78 is 5.87. The first-order valence-corrected chi connectivity index (χ1v) is 7.66. The van der Waals surface area contributed by atoms with Crippen molar-refractivity contribution in [3.05, 3.63) is 24.5 Å². The van der Waals surface area contributed by atoms with Crippen molar-refractivity contribution >= 4 is 5.91 Å². The zero-order chi connectivity index (χ0) is 13.8. The van der Waals surface area contributed by atoms with E-state index in [2.05, 4.69) is 4.98 Å². The summed E-state index contributed by atoms with van der Waals surface area (Å²) in [5, 5.41) is 0. The number of carbonyl (C=O) groups excluding carboxylic acids is 1. The highest BCUT2D eigenvalue weighted by Gasteiger charge is 2.29. The highest BCUT2D eigenvalue weighted by atomic mass is 16.5. The van der Waals surface area contributed by atoms with Gasteiger partial charge in [0.25, 0.3) is 0 Å². The number of rotatable bonds is 4. The van der Waals surface area contributed by atoms with Crippen molar-refractivity contribution < 1.29 is 9.53 Å². The number of nitrogens with zero attached hydrogens (tertiary/aromatic N) is 2. The van der Waals surface area contributed by atoms with Gasteiger partial charge in [-0.05, 0) is 30.9 Å². The molecule has 2 fully saturated rings. The molecule has 108 valence electrons. The molecule has 1 amide bonds. The summed E-state index contributed by atoms with van der Waals surface area (Å²) in [7, 11) is 0. The molecule has 2 aliphatic rings. The molecule has 1 aromatic heterocycles. The second kappa shape index (κ2) is 6.25. The molecular formula is C16H22N2O2. The topological polar surface area (TPSA) is 42.4 Å². The Morgan fingerprint density at radius 1 is 1.35 bits per heavy atom. The quantitative estimate of drug-likeness (QED) is 0.847. The first kappa shape index (κ1) is 13.4. The van der Waals surface area contributed by atoms with Crippen LogP contribution >= 0.6 is 0 Å². The second-order valence-corrected chi connectivity index (χ2v) is 5.91. The van der Waals surface area contributed by atoms with E-state index in [-0.39, 0.29) is 6.10 Å². The molecule has 2 heterocycles. The summed E-state index contributed by atoms with van der Waals surface area (Å²) in [6.07, 6.45) is 10.3. The Morgan fingerprint density at radius 2 is 2.20 bits per heavy atom. The van der Waals surface area contributed by atoms with Gasteiger partial charge in [0.2, 0.25) is 5.91 Å². The van der Waals surface area contributed by atoms with Crippen LogP contribution in [-0.4, -0.2) is 35.0 Å². The molecule has 1 aliphatic carbocycles. The molecule has 20 heavy (non-hydrogen) atoms. The maximum atomic E-state index is 12.3. The van der Waals surface area contributed by atoms with Crippen molar-refractivity contribution in [3.63, 3.8) is 0 Å². The molecule has 4 nitrogen and oxygen atoms in total. The lowest BCUT2D eigenvalue weighted by molar-refractivity contribution is -0.131. The Balaban J connectivity index is 1.47. The second-order valence-electron chi connectivity index (χ2n) is 5.91. The molecule has 0 radical (unpaired) electrons. The van der Waals surface area contributed by atoms with Gasteiger partial charge >= 0.3 is 0 Å². The van der Waals surface area contributed by atoms with Gasteiger partial charge in [0.15, 0.2) is 0 Å². The van der Waals surface area contributed by atoms with Gasteiger partial charge in [-0.15, -0.1) is 0 Å². The van der Waals surface area contributed by atoms with E-state index >= 15 is 0 Å². The predicted molar refractivity (Wildman–Crippen MR) is 76.4 cm³/mol.